The lowest BCUT2D eigenvalue weighted by Gasteiger charge is -2.25. The second-order valence-corrected chi connectivity index (χ2v) is 8.43. The van der Waals surface area contributed by atoms with E-state index in [9.17, 15) is 14.7 Å². The summed E-state index contributed by atoms with van der Waals surface area (Å²) in [4.78, 5) is 31.8. The Hall–Kier alpha value is -3.87. The summed E-state index contributed by atoms with van der Waals surface area (Å²) in [6.07, 6.45) is 6.82. The third-order valence-electron chi connectivity index (χ3n) is 5.91. The minimum Gasteiger partial charge on any atom is -0.507 e. The van der Waals surface area contributed by atoms with E-state index in [-0.39, 0.29) is 11.3 Å². The SMILES string of the molecule is CCCOc1ccc(C2/C(=C(/O)c3ccc(C)cc3)C(=O)C(=O)N2CCCn2ccnc2)cc1. The van der Waals surface area contributed by atoms with Gasteiger partial charge in [0.2, 0.25) is 0 Å². The van der Waals surface area contributed by atoms with Crippen molar-refractivity contribution in [2.75, 3.05) is 13.2 Å². The molecule has 176 valence electrons. The van der Waals surface area contributed by atoms with Crippen LogP contribution in [0.25, 0.3) is 5.76 Å². The van der Waals surface area contributed by atoms with Gasteiger partial charge in [-0.2, -0.15) is 0 Å². The molecule has 0 bridgehead atoms. The van der Waals surface area contributed by atoms with Gasteiger partial charge < -0.3 is 19.3 Å². The number of rotatable bonds is 9. The summed E-state index contributed by atoms with van der Waals surface area (Å²) in [5.74, 6) is -0.708. The second-order valence-electron chi connectivity index (χ2n) is 8.43. The number of aryl methyl sites for hydroxylation is 2. The highest BCUT2D eigenvalue weighted by Gasteiger charge is 2.45. The molecule has 1 unspecified atom stereocenters. The Balaban J connectivity index is 1.69. The van der Waals surface area contributed by atoms with Crippen LogP contribution < -0.4 is 4.74 Å². The van der Waals surface area contributed by atoms with Crippen molar-refractivity contribution in [2.45, 2.75) is 39.3 Å². The summed E-state index contributed by atoms with van der Waals surface area (Å²) in [5, 5.41) is 11.1. The third-order valence-corrected chi connectivity index (χ3v) is 5.91. The van der Waals surface area contributed by atoms with Gasteiger partial charge in [-0.25, -0.2) is 4.98 Å². The summed E-state index contributed by atoms with van der Waals surface area (Å²) in [6.45, 7) is 5.63. The van der Waals surface area contributed by atoms with Crippen molar-refractivity contribution in [3.8, 4) is 5.75 Å². The van der Waals surface area contributed by atoms with Crippen LogP contribution in [0.2, 0.25) is 0 Å². The Morgan fingerprint density at radius 2 is 1.79 bits per heavy atom. The molecule has 0 radical (unpaired) electrons. The molecule has 1 aliphatic heterocycles. The zero-order chi connectivity index (χ0) is 24.1. The number of carbonyl (C=O) groups excluding carboxylic acids is 2. The lowest BCUT2D eigenvalue weighted by atomic mass is 9.95. The van der Waals surface area contributed by atoms with E-state index in [4.69, 9.17) is 4.74 Å². The van der Waals surface area contributed by atoms with E-state index in [0.29, 0.717) is 31.7 Å². The molecule has 1 aliphatic rings. The lowest BCUT2D eigenvalue weighted by molar-refractivity contribution is -0.139. The molecular weight excluding hydrogens is 430 g/mol. The molecular formula is C27H29N3O4. The summed E-state index contributed by atoms with van der Waals surface area (Å²) in [6, 6.07) is 14.0. The monoisotopic (exact) mass is 459 g/mol. The first-order chi connectivity index (χ1) is 16.5. The van der Waals surface area contributed by atoms with Crippen LogP contribution in [0, 0.1) is 6.92 Å². The Labute approximate surface area is 199 Å². The molecule has 1 N–H and O–H groups in total. The van der Waals surface area contributed by atoms with E-state index < -0.39 is 17.7 Å². The summed E-state index contributed by atoms with van der Waals surface area (Å²) in [5.41, 5.74) is 2.41. The molecule has 1 atom stereocenters. The molecule has 3 aromatic rings. The number of imidazole rings is 1. The highest BCUT2D eigenvalue weighted by molar-refractivity contribution is 6.46. The number of ether oxygens (including phenoxy) is 1. The van der Waals surface area contributed by atoms with Gasteiger partial charge in [-0.3, -0.25) is 9.59 Å². The fourth-order valence-electron chi connectivity index (χ4n) is 4.13. The van der Waals surface area contributed by atoms with Crippen molar-refractivity contribution in [3.05, 3.63) is 89.5 Å². The number of benzene rings is 2. The highest BCUT2D eigenvalue weighted by atomic mass is 16.5. The minimum absolute atomic E-state index is 0.110. The normalized spacial score (nSPS) is 17.4. The summed E-state index contributed by atoms with van der Waals surface area (Å²) < 4.78 is 7.61. The van der Waals surface area contributed by atoms with Gasteiger partial charge >= 0.3 is 0 Å². The first-order valence-corrected chi connectivity index (χ1v) is 11.5. The van der Waals surface area contributed by atoms with Crippen molar-refractivity contribution in [3.63, 3.8) is 0 Å². The fourth-order valence-corrected chi connectivity index (χ4v) is 4.13. The van der Waals surface area contributed by atoms with Crippen molar-refractivity contribution in [1.82, 2.24) is 14.5 Å². The summed E-state index contributed by atoms with van der Waals surface area (Å²) in [7, 11) is 0. The van der Waals surface area contributed by atoms with Crippen LogP contribution in [0.1, 0.15) is 42.5 Å². The van der Waals surface area contributed by atoms with Crippen molar-refractivity contribution in [1.29, 1.82) is 0 Å². The predicted octanol–water partition coefficient (Wildman–Crippen LogP) is 4.49. The quantitative estimate of drug-likeness (QED) is 0.289. The number of nitrogens with zero attached hydrogens (tertiary/aromatic N) is 3. The Morgan fingerprint density at radius 1 is 1.06 bits per heavy atom. The molecule has 0 saturated carbocycles. The molecule has 2 aromatic carbocycles. The summed E-state index contributed by atoms with van der Waals surface area (Å²) >= 11 is 0. The average molecular weight is 460 g/mol. The number of likely N-dealkylation sites (tertiary alicyclic amines) is 1. The molecule has 1 fully saturated rings. The molecule has 7 heteroatoms. The molecule has 7 nitrogen and oxygen atoms in total. The van der Waals surface area contributed by atoms with Crippen molar-refractivity contribution in [2.24, 2.45) is 0 Å². The van der Waals surface area contributed by atoms with Gasteiger partial charge in [0.15, 0.2) is 0 Å². The van der Waals surface area contributed by atoms with Crippen LogP contribution in [-0.2, 0) is 16.1 Å². The van der Waals surface area contributed by atoms with E-state index in [0.717, 1.165) is 23.3 Å². The molecule has 0 spiro atoms. The molecule has 4 rings (SSSR count). The third kappa shape index (κ3) is 4.88. The Bertz CT molecular complexity index is 1170. The van der Waals surface area contributed by atoms with Crippen LogP contribution in [0.15, 0.2) is 72.8 Å². The van der Waals surface area contributed by atoms with Gasteiger partial charge in [0.1, 0.15) is 11.5 Å². The predicted molar refractivity (Wildman–Crippen MR) is 129 cm³/mol. The molecule has 1 saturated heterocycles. The topological polar surface area (TPSA) is 84.7 Å². The van der Waals surface area contributed by atoms with E-state index in [1.165, 1.54) is 0 Å². The molecule has 2 heterocycles. The Morgan fingerprint density at radius 3 is 2.44 bits per heavy atom. The number of ketones is 1. The number of hydrogen-bond donors (Lipinski definition) is 1. The number of aromatic nitrogens is 2. The van der Waals surface area contributed by atoms with Gasteiger partial charge in [0, 0.05) is 31.0 Å². The number of aliphatic hydroxyl groups excluding tert-OH is 1. The molecule has 1 aromatic heterocycles. The number of amides is 1. The molecule has 0 aliphatic carbocycles. The smallest absolute Gasteiger partial charge is 0.295 e. The number of hydrogen-bond acceptors (Lipinski definition) is 5. The minimum atomic E-state index is -0.677. The zero-order valence-electron chi connectivity index (χ0n) is 19.5. The van der Waals surface area contributed by atoms with E-state index in [1.54, 1.807) is 29.6 Å². The maximum absolute atomic E-state index is 13.1. The van der Waals surface area contributed by atoms with E-state index in [1.807, 2.05) is 61.0 Å². The van der Waals surface area contributed by atoms with Gasteiger partial charge in [0.05, 0.1) is 24.5 Å². The fraction of sp³-hybridized carbons (Fsp3) is 0.296. The Kier molecular flexibility index (Phi) is 7.11. The first kappa shape index (κ1) is 23.3. The molecule has 1 amide bonds. The number of aliphatic hydroxyl groups is 1. The maximum Gasteiger partial charge on any atom is 0.295 e. The van der Waals surface area contributed by atoms with Crippen LogP contribution in [-0.4, -0.2) is 44.4 Å². The molecule has 34 heavy (non-hydrogen) atoms. The van der Waals surface area contributed by atoms with Crippen molar-refractivity contribution < 1.29 is 19.4 Å². The van der Waals surface area contributed by atoms with Crippen LogP contribution >= 0.6 is 0 Å². The zero-order valence-corrected chi connectivity index (χ0v) is 19.5. The van der Waals surface area contributed by atoms with Crippen molar-refractivity contribution >= 4 is 17.4 Å². The largest absolute Gasteiger partial charge is 0.507 e. The van der Waals surface area contributed by atoms with Gasteiger partial charge in [-0.05, 0) is 37.5 Å². The van der Waals surface area contributed by atoms with Crippen LogP contribution in [0.5, 0.6) is 5.75 Å². The van der Waals surface area contributed by atoms with E-state index in [2.05, 4.69) is 4.98 Å². The van der Waals surface area contributed by atoms with Crippen LogP contribution in [0.3, 0.4) is 0 Å². The van der Waals surface area contributed by atoms with Gasteiger partial charge in [-0.1, -0.05) is 48.9 Å². The highest BCUT2D eigenvalue weighted by Crippen LogP contribution is 2.40. The standard InChI is InChI=1S/C27H29N3O4/c1-3-17-34-22-11-9-20(10-12-22)24-23(25(31)21-7-5-19(2)6-8-21)26(32)27(33)30(24)15-4-14-29-16-13-28-18-29/h5-13,16,18,24,31H,3-4,14-15,17H2,1-2H3/b25-23-. The number of carbonyl (C=O) groups is 2. The second kappa shape index (κ2) is 10.4. The van der Waals surface area contributed by atoms with Gasteiger partial charge in [-0.15, -0.1) is 0 Å². The number of Topliss-reactive ketones (excluding diaryl/α,β-unsaturated/α-hetero) is 1. The lowest BCUT2D eigenvalue weighted by Crippen LogP contribution is -2.31. The van der Waals surface area contributed by atoms with E-state index >= 15 is 0 Å². The average Bonchev–Trinajstić information content (AvgIpc) is 3.45. The maximum atomic E-state index is 13.1. The van der Waals surface area contributed by atoms with Gasteiger partial charge in [0.25, 0.3) is 11.7 Å². The van der Waals surface area contributed by atoms with Crippen LogP contribution in [0.4, 0.5) is 0 Å². The first-order valence-electron chi connectivity index (χ1n) is 11.5.